The number of hydrazone groups is 1. The van der Waals surface area contributed by atoms with E-state index in [0.717, 1.165) is 11.8 Å². The van der Waals surface area contributed by atoms with Crippen LogP contribution in [0.2, 0.25) is 0 Å². The molecule has 0 aliphatic heterocycles. The summed E-state index contributed by atoms with van der Waals surface area (Å²) in [6.45, 7) is 0. The number of carbonyl (C=O) groups is 1. The Morgan fingerprint density at radius 1 is 1.21 bits per heavy atom. The number of benzene rings is 2. The van der Waals surface area contributed by atoms with Crippen LogP contribution in [0.15, 0.2) is 64.9 Å². The molecular formula is C17H15N7O3S. The van der Waals surface area contributed by atoms with Gasteiger partial charge in [0.05, 0.1) is 16.9 Å². The van der Waals surface area contributed by atoms with Gasteiger partial charge in [-0.3, -0.25) is 14.9 Å². The summed E-state index contributed by atoms with van der Waals surface area (Å²) in [6.07, 6.45) is 1.46. The van der Waals surface area contributed by atoms with Crippen LogP contribution in [0, 0.1) is 10.1 Å². The Morgan fingerprint density at radius 2 is 1.93 bits per heavy atom. The Bertz CT molecular complexity index is 1000. The molecule has 0 aliphatic rings. The van der Waals surface area contributed by atoms with Crippen LogP contribution in [0.4, 0.5) is 11.6 Å². The summed E-state index contributed by atoms with van der Waals surface area (Å²) in [7, 11) is 0. The number of hydrogen-bond acceptors (Lipinski definition) is 9. The number of rotatable bonds is 8. The summed E-state index contributed by atoms with van der Waals surface area (Å²) in [5.41, 5.74) is 3.91. The number of nitrogens with zero attached hydrogens (tertiary/aromatic N) is 5. The number of carbonyl (C=O) groups excluding carboxylic acids is 1. The highest BCUT2D eigenvalue weighted by Gasteiger charge is 2.13. The minimum Gasteiger partial charge on any atom is -0.334 e. The molecule has 0 radical (unpaired) electrons. The van der Waals surface area contributed by atoms with Crippen molar-refractivity contribution >= 4 is 35.4 Å². The molecule has 0 fully saturated rings. The fraction of sp³-hybridized carbons (Fsp3) is 0.0588. The molecule has 0 unspecified atom stereocenters. The van der Waals surface area contributed by atoms with Gasteiger partial charge in [-0.15, -0.1) is 10.2 Å². The van der Waals surface area contributed by atoms with Crippen LogP contribution in [-0.2, 0) is 0 Å². The topological polar surface area (TPSA) is 141 Å². The number of nitro groups is 1. The SMILES string of the molecule is Nn1c(N/N=C/c2ccc([N+](=O)[O-])cc2)nnc1SCC(=O)c1ccccc1. The fourth-order valence-electron chi connectivity index (χ4n) is 2.14. The quantitative estimate of drug-likeness (QED) is 0.147. The van der Waals surface area contributed by atoms with Crippen molar-refractivity contribution in [2.75, 3.05) is 17.0 Å². The van der Waals surface area contributed by atoms with Crippen LogP contribution >= 0.6 is 11.8 Å². The molecule has 0 saturated heterocycles. The third-order valence-corrected chi connectivity index (χ3v) is 4.52. The second kappa shape index (κ2) is 8.77. The Kier molecular flexibility index (Phi) is 5.97. The van der Waals surface area contributed by atoms with Gasteiger partial charge in [-0.25, -0.2) is 10.1 Å². The largest absolute Gasteiger partial charge is 0.334 e. The first kappa shape index (κ1) is 19.0. The average Bonchev–Trinajstić information content (AvgIpc) is 3.07. The van der Waals surface area contributed by atoms with Crippen molar-refractivity contribution in [3.63, 3.8) is 0 Å². The number of non-ortho nitro benzene ring substituents is 1. The third kappa shape index (κ3) is 4.71. The van der Waals surface area contributed by atoms with Crippen molar-refractivity contribution in [3.05, 3.63) is 75.8 Å². The van der Waals surface area contributed by atoms with Gasteiger partial charge in [-0.05, 0) is 17.7 Å². The number of aromatic nitrogens is 3. The van der Waals surface area contributed by atoms with Crippen molar-refractivity contribution in [1.82, 2.24) is 14.9 Å². The van der Waals surface area contributed by atoms with Gasteiger partial charge in [0.2, 0.25) is 5.16 Å². The molecule has 0 aliphatic carbocycles. The second-order valence-electron chi connectivity index (χ2n) is 5.47. The van der Waals surface area contributed by atoms with Crippen molar-refractivity contribution < 1.29 is 9.72 Å². The van der Waals surface area contributed by atoms with Gasteiger partial charge in [0.1, 0.15) is 0 Å². The number of nitrogens with one attached hydrogen (secondary N) is 1. The maximum absolute atomic E-state index is 12.1. The molecule has 3 rings (SSSR count). The fourth-order valence-corrected chi connectivity index (χ4v) is 2.89. The van der Waals surface area contributed by atoms with E-state index < -0.39 is 4.92 Å². The lowest BCUT2D eigenvalue weighted by molar-refractivity contribution is -0.384. The minimum atomic E-state index is -0.474. The van der Waals surface area contributed by atoms with Gasteiger partial charge in [0.25, 0.3) is 11.6 Å². The Hall–Kier alpha value is -3.73. The van der Waals surface area contributed by atoms with Crippen LogP contribution in [0.1, 0.15) is 15.9 Å². The molecule has 142 valence electrons. The Morgan fingerprint density at radius 3 is 2.61 bits per heavy atom. The maximum atomic E-state index is 12.1. The van der Waals surface area contributed by atoms with Crippen molar-refractivity contribution in [3.8, 4) is 0 Å². The van der Waals surface area contributed by atoms with E-state index in [1.54, 1.807) is 36.4 Å². The molecule has 0 saturated carbocycles. The van der Waals surface area contributed by atoms with Gasteiger partial charge in [-0.1, -0.05) is 42.1 Å². The van der Waals surface area contributed by atoms with E-state index in [-0.39, 0.29) is 23.2 Å². The van der Waals surface area contributed by atoms with E-state index in [2.05, 4.69) is 20.7 Å². The highest BCUT2D eigenvalue weighted by molar-refractivity contribution is 7.99. The second-order valence-corrected chi connectivity index (χ2v) is 6.42. The monoisotopic (exact) mass is 397 g/mol. The van der Waals surface area contributed by atoms with Crippen LogP contribution < -0.4 is 11.3 Å². The van der Waals surface area contributed by atoms with Gasteiger partial charge in [0, 0.05) is 17.7 Å². The first-order chi connectivity index (χ1) is 13.5. The zero-order chi connectivity index (χ0) is 19.9. The number of hydrogen-bond donors (Lipinski definition) is 2. The van der Waals surface area contributed by atoms with Gasteiger partial charge < -0.3 is 5.84 Å². The van der Waals surface area contributed by atoms with Crippen LogP contribution in [0.25, 0.3) is 0 Å². The van der Waals surface area contributed by atoms with Gasteiger partial charge in [-0.2, -0.15) is 5.10 Å². The molecule has 0 spiro atoms. The van der Waals surface area contributed by atoms with E-state index in [9.17, 15) is 14.9 Å². The van der Waals surface area contributed by atoms with Crippen molar-refractivity contribution in [2.45, 2.75) is 5.16 Å². The van der Waals surface area contributed by atoms with Gasteiger partial charge in [0.15, 0.2) is 5.78 Å². The van der Waals surface area contributed by atoms with Crippen LogP contribution in [-0.4, -0.2) is 37.5 Å². The number of thioether (sulfide) groups is 1. The average molecular weight is 397 g/mol. The van der Waals surface area contributed by atoms with Gasteiger partial charge >= 0.3 is 0 Å². The molecule has 3 aromatic rings. The number of nitrogens with two attached hydrogens (primary N) is 1. The summed E-state index contributed by atoms with van der Waals surface area (Å²) < 4.78 is 1.19. The zero-order valence-electron chi connectivity index (χ0n) is 14.4. The number of Topliss-reactive ketones (excluding diaryl/α,β-unsaturated/α-hetero) is 1. The number of ketones is 1. The number of nitrogen functional groups attached to an aromatic ring is 1. The number of anilines is 1. The third-order valence-electron chi connectivity index (χ3n) is 3.57. The predicted molar refractivity (Wildman–Crippen MR) is 106 cm³/mol. The molecule has 2 aromatic carbocycles. The smallest absolute Gasteiger partial charge is 0.269 e. The van der Waals surface area contributed by atoms with Crippen LogP contribution in [0.3, 0.4) is 0 Å². The lowest BCUT2D eigenvalue weighted by Gasteiger charge is -2.03. The van der Waals surface area contributed by atoms with E-state index in [1.165, 1.54) is 23.0 Å². The summed E-state index contributed by atoms with van der Waals surface area (Å²) in [5, 5.41) is 22.8. The van der Waals surface area contributed by atoms with E-state index in [4.69, 9.17) is 5.84 Å². The molecule has 28 heavy (non-hydrogen) atoms. The summed E-state index contributed by atoms with van der Waals surface area (Å²) in [5.74, 6) is 6.23. The van der Waals surface area contributed by atoms with E-state index >= 15 is 0 Å². The Labute approximate surface area is 163 Å². The molecule has 0 amide bonds. The van der Waals surface area contributed by atoms with Crippen LogP contribution in [0.5, 0.6) is 0 Å². The first-order valence-corrected chi connectivity index (χ1v) is 8.98. The number of nitro benzene ring substituents is 1. The molecule has 1 aromatic heterocycles. The first-order valence-electron chi connectivity index (χ1n) is 7.99. The molecule has 0 atom stereocenters. The summed E-state index contributed by atoms with van der Waals surface area (Å²) >= 11 is 1.16. The summed E-state index contributed by atoms with van der Waals surface area (Å²) in [4.78, 5) is 22.3. The van der Waals surface area contributed by atoms with Crippen molar-refractivity contribution in [1.29, 1.82) is 0 Å². The van der Waals surface area contributed by atoms with E-state index in [1.807, 2.05) is 6.07 Å². The predicted octanol–water partition coefficient (Wildman–Crippen LogP) is 2.32. The lowest BCUT2D eigenvalue weighted by Crippen LogP contribution is -2.14. The maximum Gasteiger partial charge on any atom is 0.269 e. The van der Waals surface area contributed by atoms with Crippen molar-refractivity contribution in [2.24, 2.45) is 5.10 Å². The molecule has 11 heteroatoms. The molecule has 0 bridgehead atoms. The molecule has 1 heterocycles. The highest BCUT2D eigenvalue weighted by atomic mass is 32.2. The lowest BCUT2D eigenvalue weighted by atomic mass is 10.2. The molecule has 3 N–H and O–H groups in total. The minimum absolute atomic E-state index is 0.00136. The standard InChI is InChI=1S/C17H15N7O3S/c18-23-16(20-19-10-12-6-8-14(9-7-12)24(26)27)21-22-17(23)28-11-15(25)13-4-2-1-3-5-13/h1-10H,11,18H2,(H,20,21)/b19-10+. The Balaban J connectivity index is 1.57. The highest BCUT2D eigenvalue weighted by Crippen LogP contribution is 2.18. The zero-order valence-corrected chi connectivity index (χ0v) is 15.2. The summed E-state index contributed by atoms with van der Waals surface area (Å²) in [6, 6.07) is 14.8. The molecule has 10 nitrogen and oxygen atoms in total. The molecular weight excluding hydrogens is 382 g/mol. The van der Waals surface area contributed by atoms with E-state index in [0.29, 0.717) is 16.3 Å². The normalized spacial score (nSPS) is 10.9.